The minimum absolute atomic E-state index is 0.0543. The van der Waals surface area contributed by atoms with E-state index < -0.39 is 23.3 Å². The van der Waals surface area contributed by atoms with E-state index in [1.807, 2.05) is 0 Å². The standard InChI is InChI=1S/C24H25ClF2N6O2/c1-13(25)9-28-15-6-17(26)21(18(27)7-15)19-8-16-20(11-29-19)33(23(34)35-24(2,3)4)31-22(16)14-10-30-32(5)12-14/h6-8,10-13,28H,9H2,1-5H3. The van der Waals surface area contributed by atoms with E-state index in [4.69, 9.17) is 16.3 Å². The fourth-order valence-electron chi connectivity index (χ4n) is 3.53. The third-order valence-corrected chi connectivity index (χ3v) is 5.15. The number of aromatic nitrogens is 5. The normalized spacial score (nSPS) is 12.7. The lowest BCUT2D eigenvalue weighted by molar-refractivity contribution is 0.0523. The van der Waals surface area contributed by atoms with Crippen LogP contribution < -0.4 is 5.32 Å². The van der Waals surface area contributed by atoms with Gasteiger partial charge in [-0.05, 0) is 45.9 Å². The van der Waals surface area contributed by atoms with Crippen LogP contribution in [-0.4, -0.2) is 48.2 Å². The highest BCUT2D eigenvalue weighted by Crippen LogP contribution is 2.33. The molecule has 4 rings (SSSR count). The quantitative estimate of drug-likeness (QED) is 0.357. The molecule has 1 N–H and O–H groups in total. The molecule has 1 aromatic carbocycles. The third kappa shape index (κ3) is 5.27. The smallest absolute Gasteiger partial charge is 0.435 e. The van der Waals surface area contributed by atoms with E-state index >= 15 is 8.78 Å². The van der Waals surface area contributed by atoms with E-state index in [1.165, 1.54) is 24.4 Å². The molecule has 0 amide bonds. The van der Waals surface area contributed by atoms with Crippen LogP contribution >= 0.6 is 11.6 Å². The summed E-state index contributed by atoms with van der Waals surface area (Å²) in [5.41, 5.74) is 0.631. The maximum atomic E-state index is 15.0. The maximum absolute atomic E-state index is 15.0. The molecule has 0 aliphatic rings. The Kier molecular flexibility index (Phi) is 6.50. The molecule has 0 aliphatic heterocycles. The van der Waals surface area contributed by atoms with E-state index in [1.54, 1.807) is 51.8 Å². The minimum atomic E-state index is -0.788. The number of ether oxygens (including phenoxy) is 1. The highest BCUT2D eigenvalue weighted by atomic mass is 35.5. The molecule has 0 aliphatic carbocycles. The summed E-state index contributed by atoms with van der Waals surface area (Å²) in [7, 11) is 1.74. The van der Waals surface area contributed by atoms with Gasteiger partial charge in [0.25, 0.3) is 0 Å². The number of anilines is 1. The second kappa shape index (κ2) is 9.26. The van der Waals surface area contributed by atoms with Crippen LogP contribution in [0, 0.1) is 11.6 Å². The molecular formula is C24H25ClF2N6O2. The first-order chi connectivity index (χ1) is 16.4. The van der Waals surface area contributed by atoms with Crippen molar-refractivity contribution in [2.75, 3.05) is 11.9 Å². The number of carbonyl (C=O) groups is 1. The first-order valence-corrected chi connectivity index (χ1v) is 11.3. The van der Waals surface area contributed by atoms with Gasteiger partial charge in [-0.1, -0.05) is 0 Å². The largest absolute Gasteiger partial charge is 0.442 e. The Morgan fingerprint density at radius 2 is 1.89 bits per heavy atom. The highest BCUT2D eigenvalue weighted by molar-refractivity contribution is 6.20. The Labute approximate surface area is 205 Å². The van der Waals surface area contributed by atoms with E-state index in [0.29, 0.717) is 28.7 Å². The number of aryl methyl sites for hydroxylation is 1. The molecule has 35 heavy (non-hydrogen) atoms. The van der Waals surface area contributed by atoms with Gasteiger partial charge in [0.05, 0.1) is 29.2 Å². The topological polar surface area (TPSA) is 86.9 Å². The number of hydrogen-bond acceptors (Lipinski definition) is 6. The Bertz CT molecular complexity index is 1380. The number of carbonyl (C=O) groups excluding carboxylic acids is 1. The van der Waals surface area contributed by atoms with E-state index in [2.05, 4.69) is 20.5 Å². The first-order valence-electron chi connectivity index (χ1n) is 10.9. The second-order valence-corrected chi connectivity index (χ2v) is 9.95. The number of benzene rings is 1. The van der Waals surface area contributed by atoms with Gasteiger partial charge in [-0.2, -0.15) is 14.9 Å². The summed E-state index contributed by atoms with van der Waals surface area (Å²) in [6.07, 6.45) is 3.96. The first kappa shape index (κ1) is 24.6. The van der Waals surface area contributed by atoms with Gasteiger partial charge in [0.1, 0.15) is 22.9 Å². The average molecular weight is 503 g/mol. The minimum Gasteiger partial charge on any atom is -0.442 e. The third-order valence-electron chi connectivity index (χ3n) is 5.00. The molecule has 8 nitrogen and oxygen atoms in total. The van der Waals surface area contributed by atoms with Crippen molar-refractivity contribution < 1.29 is 18.3 Å². The molecule has 1 atom stereocenters. The number of nitrogens with one attached hydrogen (secondary N) is 1. The van der Waals surface area contributed by atoms with Crippen molar-refractivity contribution in [3.05, 3.63) is 48.4 Å². The highest BCUT2D eigenvalue weighted by Gasteiger charge is 2.25. The Morgan fingerprint density at radius 3 is 2.46 bits per heavy atom. The summed E-state index contributed by atoms with van der Waals surface area (Å²) in [6.45, 7) is 7.35. The number of nitrogens with zero attached hydrogens (tertiary/aromatic N) is 5. The molecule has 3 heterocycles. The molecule has 0 saturated carbocycles. The lowest BCUT2D eigenvalue weighted by atomic mass is 10.1. The van der Waals surface area contributed by atoms with Gasteiger partial charge >= 0.3 is 6.09 Å². The van der Waals surface area contributed by atoms with Crippen LogP contribution in [0.3, 0.4) is 0 Å². The Balaban J connectivity index is 1.84. The fourth-order valence-corrected chi connectivity index (χ4v) is 3.61. The van der Waals surface area contributed by atoms with Gasteiger partial charge in [-0.3, -0.25) is 9.67 Å². The molecule has 0 saturated heterocycles. The summed E-state index contributed by atoms with van der Waals surface area (Å²) < 4.78 is 38.2. The Morgan fingerprint density at radius 1 is 1.20 bits per heavy atom. The Hall–Kier alpha value is -3.53. The second-order valence-electron chi connectivity index (χ2n) is 9.21. The molecule has 11 heteroatoms. The van der Waals surface area contributed by atoms with E-state index in [-0.39, 0.29) is 22.3 Å². The molecule has 184 valence electrons. The van der Waals surface area contributed by atoms with Gasteiger partial charge < -0.3 is 10.1 Å². The monoisotopic (exact) mass is 502 g/mol. The van der Waals surface area contributed by atoms with Gasteiger partial charge in [-0.15, -0.1) is 11.6 Å². The van der Waals surface area contributed by atoms with Gasteiger partial charge in [-0.25, -0.2) is 13.6 Å². The van der Waals surface area contributed by atoms with Crippen molar-refractivity contribution in [1.29, 1.82) is 0 Å². The summed E-state index contributed by atoms with van der Waals surface area (Å²) in [6, 6.07) is 3.88. The number of alkyl halides is 1. The summed E-state index contributed by atoms with van der Waals surface area (Å²) >= 11 is 5.91. The SMILES string of the molecule is CC(Cl)CNc1cc(F)c(-c2cc3c(-c4cnn(C)c4)nn(C(=O)OC(C)(C)C)c3cn2)c(F)c1. The van der Waals surface area contributed by atoms with Crippen molar-refractivity contribution >= 4 is 34.3 Å². The zero-order valence-electron chi connectivity index (χ0n) is 19.9. The predicted molar refractivity (Wildman–Crippen MR) is 131 cm³/mol. The van der Waals surface area contributed by atoms with Crippen molar-refractivity contribution in [2.24, 2.45) is 7.05 Å². The number of rotatable bonds is 5. The molecule has 0 fully saturated rings. The van der Waals surface area contributed by atoms with Crippen LogP contribution in [-0.2, 0) is 11.8 Å². The number of halogens is 3. The van der Waals surface area contributed by atoms with Crippen LogP contribution in [0.1, 0.15) is 27.7 Å². The summed E-state index contributed by atoms with van der Waals surface area (Å²) in [4.78, 5) is 17.1. The van der Waals surface area contributed by atoms with Crippen LogP contribution in [0.2, 0.25) is 0 Å². The molecule has 1 unspecified atom stereocenters. The van der Waals surface area contributed by atoms with Crippen LogP contribution in [0.4, 0.5) is 19.3 Å². The molecule has 0 spiro atoms. The van der Waals surface area contributed by atoms with Gasteiger partial charge in [0.2, 0.25) is 0 Å². The molecule has 0 radical (unpaired) electrons. The summed E-state index contributed by atoms with van der Waals surface area (Å²) in [5, 5.41) is 11.7. The maximum Gasteiger partial charge on any atom is 0.435 e. The van der Waals surface area contributed by atoms with Crippen molar-refractivity contribution in [2.45, 2.75) is 38.7 Å². The molecule has 3 aromatic heterocycles. The van der Waals surface area contributed by atoms with Crippen LogP contribution in [0.5, 0.6) is 0 Å². The average Bonchev–Trinajstić information content (AvgIpc) is 3.34. The van der Waals surface area contributed by atoms with Gasteiger partial charge in [0.15, 0.2) is 0 Å². The lowest BCUT2D eigenvalue weighted by Gasteiger charge is -2.19. The van der Waals surface area contributed by atoms with Crippen molar-refractivity contribution in [3.8, 4) is 22.5 Å². The van der Waals surface area contributed by atoms with E-state index in [0.717, 1.165) is 4.68 Å². The molecular weight excluding hydrogens is 478 g/mol. The van der Waals surface area contributed by atoms with Crippen LogP contribution in [0.15, 0.2) is 36.8 Å². The number of fused-ring (bicyclic) bond motifs is 1. The number of pyridine rings is 1. The fraction of sp³-hybridized carbons (Fsp3) is 0.333. The lowest BCUT2D eigenvalue weighted by Crippen LogP contribution is -2.27. The number of hydrogen-bond donors (Lipinski definition) is 1. The van der Waals surface area contributed by atoms with E-state index in [9.17, 15) is 4.79 Å². The zero-order chi connectivity index (χ0) is 25.5. The van der Waals surface area contributed by atoms with Crippen molar-refractivity contribution in [1.82, 2.24) is 24.5 Å². The van der Waals surface area contributed by atoms with Gasteiger partial charge in [0, 0.05) is 41.8 Å². The summed E-state index contributed by atoms with van der Waals surface area (Å²) in [5.74, 6) is -1.58. The zero-order valence-corrected chi connectivity index (χ0v) is 20.7. The molecule has 0 bridgehead atoms. The van der Waals surface area contributed by atoms with Crippen molar-refractivity contribution in [3.63, 3.8) is 0 Å². The molecule has 4 aromatic rings. The predicted octanol–water partition coefficient (Wildman–Crippen LogP) is 5.60. The van der Waals surface area contributed by atoms with Crippen LogP contribution in [0.25, 0.3) is 33.4 Å².